The molecule has 0 atom stereocenters. The second-order valence-corrected chi connectivity index (χ2v) is 8.65. The van der Waals surface area contributed by atoms with E-state index in [9.17, 15) is 9.59 Å². The van der Waals surface area contributed by atoms with Crippen LogP contribution in [0.5, 0.6) is 11.5 Å². The fourth-order valence-corrected chi connectivity index (χ4v) is 3.80. The number of benzene rings is 3. The van der Waals surface area contributed by atoms with E-state index >= 15 is 0 Å². The van der Waals surface area contributed by atoms with Crippen LogP contribution >= 0.6 is 0 Å². The molecule has 1 aliphatic rings. The molecule has 0 saturated heterocycles. The number of hydrogen-bond donors (Lipinski definition) is 1. The monoisotopic (exact) mass is 444 g/mol. The van der Waals surface area contributed by atoms with Gasteiger partial charge in [-0.25, -0.2) is 0 Å². The number of rotatable bonds is 7. The Hall–Kier alpha value is -3.80. The molecule has 1 aliphatic heterocycles. The van der Waals surface area contributed by atoms with E-state index in [2.05, 4.69) is 5.32 Å². The number of carbonyl (C=O) groups excluding carboxylic acids is 2. The fourth-order valence-electron chi connectivity index (χ4n) is 3.80. The molecule has 0 unspecified atom stereocenters. The van der Waals surface area contributed by atoms with Crippen molar-refractivity contribution < 1.29 is 19.1 Å². The molecular weight excluding hydrogens is 416 g/mol. The third-order valence-corrected chi connectivity index (χ3v) is 5.95. The molecule has 4 rings (SSSR count). The number of amides is 2. The largest absolute Gasteiger partial charge is 0.454 e. The van der Waals surface area contributed by atoms with E-state index in [4.69, 9.17) is 9.47 Å². The Balaban J connectivity index is 1.59. The van der Waals surface area contributed by atoms with Gasteiger partial charge in [0.25, 0.3) is 0 Å². The number of nitrogens with one attached hydrogen (secondary N) is 1. The number of nitrogens with zero attached hydrogens (tertiary/aromatic N) is 1. The molecule has 3 aromatic carbocycles. The van der Waals surface area contributed by atoms with E-state index < -0.39 is 5.54 Å². The minimum Gasteiger partial charge on any atom is -0.454 e. The first-order valence-corrected chi connectivity index (χ1v) is 10.9. The summed E-state index contributed by atoms with van der Waals surface area (Å²) in [5.41, 5.74) is 2.46. The highest BCUT2D eigenvalue weighted by atomic mass is 16.7. The van der Waals surface area contributed by atoms with E-state index in [1.54, 1.807) is 36.9 Å². The molecule has 6 heteroatoms. The molecule has 170 valence electrons. The predicted octanol–water partition coefficient (Wildman–Crippen LogP) is 4.71. The van der Waals surface area contributed by atoms with Crippen LogP contribution in [0.15, 0.2) is 72.8 Å². The van der Waals surface area contributed by atoms with Gasteiger partial charge < -0.3 is 19.7 Å². The van der Waals surface area contributed by atoms with Crippen molar-refractivity contribution in [1.29, 1.82) is 0 Å². The Bertz CT molecular complexity index is 1160. The van der Waals surface area contributed by atoms with Crippen LogP contribution in [-0.4, -0.2) is 29.0 Å². The average Bonchev–Trinajstić information content (AvgIpc) is 3.27. The predicted molar refractivity (Wildman–Crippen MR) is 127 cm³/mol. The van der Waals surface area contributed by atoms with Crippen LogP contribution in [0.3, 0.4) is 0 Å². The van der Waals surface area contributed by atoms with Crippen molar-refractivity contribution in [3.8, 4) is 11.5 Å². The Morgan fingerprint density at radius 1 is 0.939 bits per heavy atom. The van der Waals surface area contributed by atoms with E-state index in [1.807, 2.05) is 61.5 Å². The maximum atomic E-state index is 13.5. The van der Waals surface area contributed by atoms with Gasteiger partial charge in [-0.2, -0.15) is 0 Å². The zero-order valence-corrected chi connectivity index (χ0v) is 19.1. The lowest BCUT2D eigenvalue weighted by molar-refractivity contribution is -0.144. The first kappa shape index (κ1) is 22.4. The number of carbonyl (C=O) groups is 2. The second kappa shape index (κ2) is 9.36. The molecule has 0 aliphatic carbocycles. The van der Waals surface area contributed by atoms with Gasteiger partial charge in [-0.15, -0.1) is 0 Å². The van der Waals surface area contributed by atoms with Crippen LogP contribution < -0.4 is 14.8 Å². The number of hydrogen-bond acceptors (Lipinski definition) is 4. The van der Waals surface area contributed by atoms with Crippen LogP contribution in [-0.2, 0) is 22.6 Å². The van der Waals surface area contributed by atoms with Crippen molar-refractivity contribution in [1.82, 2.24) is 4.90 Å². The highest BCUT2D eigenvalue weighted by Crippen LogP contribution is 2.34. The van der Waals surface area contributed by atoms with E-state index in [-0.39, 0.29) is 25.0 Å². The number of aryl methyl sites for hydroxylation is 1. The second-order valence-electron chi connectivity index (χ2n) is 8.65. The SMILES string of the molecule is Cc1ccccc1CN(C(=O)Cc1ccccc1)C(C)(C)C(=O)Nc1ccc2c(c1)OCO2. The lowest BCUT2D eigenvalue weighted by Crippen LogP contribution is -2.55. The molecular formula is C27H28N2O4. The highest BCUT2D eigenvalue weighted by molar-refractivity contribution is 6.00. The van der Waals surface area contributed by atoms with Crippen LogP contribution in [0.2, 0.25) is 0 Å². The molecule has 0 saturated carbocycles. The number of ether oxygens (including phenoxy) is 2. The summed E-state index contributed by atoms with van der Waals surface area (Å²) in [5.74, 6) is 0.834. The van der Waals surface area contributed by atoms with Crippen LogP contribution in [0.1, 0.15) is 30.5 Å². The van der Waals surface area contributed by atoms with E-state index in [0.29, 0.717) is 23.7 Å². The number of anilines is 1. The van der Waals surface area contributed by atoms with Gasteiger partial charge >= 0.3 is 0 Å². The van der Waals surface area contributed by atoms with Crippen LogP contribution in [0, 0.1) is 6.92 Å². The maximum Gasteiger partial charge on any atom is 0.249 e. The van der Waals surface area contributed by atoms with Crippen molar-refractivity contribution >= 4 is 17.5 Å². The molecule has 33 heavy (non-hydrogen) atoms. The molecule has 0 radical (unpaired) electrons. The molecule has 1 heterocycles. The highest BCUT2D eigenvalue weighted by Gasteiger charge is 2.38. The normalized spacial score (nSPS) is 12.3. The molecule has 2 amide bonds. The minimum atomic E-state index is -1.11. The first-order chi connectivity index (χ1) is 15.8. The molecule has 1 N–H and O–H groups in total. The molecule has 6 nitrogen and oxygen atoms in total. The Morgan fingerprint density at radius 2 is 1.64 bits per heavy atom. The van der Waals surface area contributed by atoms with Gasteiger partial charge in [-0.1, -0.05) is 54.6 Å². The molecule has 0 fully saturated rings. The fraction of sp³-hybridized carbons (Fsp3) is 0.259. The van der Waals surface area contributed by atoms with Gasteiger partial charge in [0.15, 0.2) is 11.5 Å². The lowest BCUT2D eigenvalue weighted by Gasteiger charge is -2.38. The van der Waals surface area contributed by atoms with Crippen LogP contribution in [0.25, 0.3) is 0 Å². The van der Waals surface area contributed by atoms with E-state index in [1.165, 1.54) is 0 Å². The Labute approximate surface area is 194 Å². The van der Waals surface area contributed by atoms with Gasteiger partial charge in [-0.05, 0) is 49.6 Å². The standard InChI is InChI=1S/C27H28N2O4/c1-19-9-7-8-12-21(19)17-29(25(30)15-20-10-5-4-6-11-20)27(2,3)26(31)28-22-13-14-23-24(16-22)33-18-32-23/h4-14,16H,15,17-18H2,1-3H3,(H,28,31). The Kier molecular flexibility index (Phi) is 6.36. The third kappa shape index (κ3) is 5.00. The van der Waals surface area contributed by atoms with Gasteiger partial charge in [0.1, 0.15) is 5.54 Å². The zero-order valence-electron chi connectivity index (χ0n) is 19.1. The summed E-state index contributed by atoms with van der Waals surface area (Å²) in [5, 5.41) is 2.94. The van der Waals surface area contributed by atoms with Crippen LogP contribution in [0.4, 0.5) is 5.69 Å². The molecule has 0 aromatic heterocycles. The summed E-state index contributed by atoms with van der Waals surface area (Å²) >= 11 is 0. The molecule has 0 spiro atoms. The van der Waals surface area contributed by atoms with Gasteiger partial charge in [-0.3, -0.25) is 9.59 Å². The molecule has 3 aromatic rings. The van der Waals surface area contributed by atoms with Gasteiger partial charge in [0, 0.05) is 18.3 Å². The zero-order chi connectivity index (χ0) is 23.4. The summed E-state index contributed by atoms with van der Waals surface area (Å²) in [6, 6.07) is 22.7. The number of fused-ring (bicyclic) bond motifs is 1. The summed E-state index contributed by atoms with van der Waals surface area (Å²) in [4.78, 5) is 28.6. The van der Waals surface area contributed by atoms with Crippen molar-refractivity contribution in [2.45, 2.75) is 39.3 Å². The van der Waals surface area contributed by atoms with Gasteiger partial charge in [0.2, 0.25) is 18.6 Å². The quantitative estimate of drug-likeness (QED) is 0.573. The third-order valence-electron chi connectivity index (χ3n) is 5.95. The first-order valence-electron chi connectivity index (χ1n) is 10.9. The summed E-state index contributed by atoms with van der Waals surface area (Å²) in [6.45, 7) is 6.05. The van der Waals surface area contributed by atoms with E-state index in [0.717, 1.165) is 16.7 Å². The van der Waals surface area contributed by atoms with Crippen molar-refractivity contribution in [3.05, 3.63) is 89.5 Å². The summed E-state index contributed by atoms with van der Waals surface area (Å²) in [7, 11) is 0. The minimum absolute atomic E-state index is 0.115. The van der Waals surface area contributed by atoms with Crippen molar-refractivity contribution in [3.63, 3.8) is 0 Å². The average molecular weight is 445 g/mol. The maximum absolute atomic E-state index is 13.5. The topological polar surface area (TPSA) is 67.9 Å². The molecule has 0 bridgehead atoms. The lowest BCUT2D eigenvalue weighted by atomic mass is 9.97. The smallest absolute Gasteiger partial charge is 0.249 e. The Morgan fingerprint density at radius 3 is 2.39 bits per heavy atom. The van der Waals surface area contributed by atoms with Gasteiger partial charge in [0.05, 0.1) is 6.42 Å². The van der Waals surface area contributed by atoms with Crippen molar-refractivity contribution in [2.24, 2.45) is 0 Å². The summed E-state index contributed by atoms with van der Waals surface area (Å²) in [6.07, 6.45) is 0.216. The van der Waals surface area contributed by atoms with Crippen molar-refractivity contribution in [2.75, 3.05) is 12.1 Å². The summed E-state index contributed by atoms with van der Waals surface area (Å²) < 4.78 is 10.8.